The van der Waals surface area contributed by atoms with Crippen LogP contribution >= 0.6 is 11.3 Å². The number of carbonyl (C=O) groups excluding carboxylic acids is 1. The Balaban J connectivity index is 1.81. The molecule has 1 aliphatic rings. The molecule has 21 heavy (non-hydrogen) atoms. The summed E-state index contributed by atoms with van der Waals surface area (Å²) >= 11 is 1.23. The van der Waals surface area contributed by atoms with E-state index in [0.29, 0.717) is 21.6 Å². The van der Waals surface area contributed by atoms with Crippen LogP contribution in [0.15, 0.2) is 24.4 Å². The summed E-state index contributed by atoms with van der Waals surface area (Å²) in [5.41, 5.74) is 7.28. The number of carbonyl (C=O) groups is 1. The van der Waals surface area contributed by atoms with Gasteiger partial charge in [0.1, 0.15) is 4.88 Å². The van der Waals surface area contributed by atoms with Crippen molar-refractivity contribution in [3.05, 3.63) is 40.7 Å². The second-order valence-corrected chi connectivity index (χ2v) is 6.39. The highest BCUT2D eigenvalue weighted by Gasteiger charge is 2.31. The zero-order valence-corrected chi connectivity index (χ0v) is 12.7. The number of aromatic nitrogens is 2. The van der Waals surface area contributed by atoms with E-state index in [2.05, 4.69) is 15.3 Å². The number of rotatable bonds is 4. The molecule has 6 heteroatoms. The average Bonchev–Trinajstić information content (AvgIpc) is 2.76. The molecule has 1 unspecified atom stereocenters. The minimum Gasteiger partial charge on any atom is -0.375 e. The van der Waals surface area contributed by atoms with Crippen molar-refractivity contribution in [2.24, 2.45) is 5.92 Å². The normalized spacial score (nSPS) is 16.2. The number of amides is 1. The maximum Gasteiger partial charge on any atom is 0.263 e. The van der Waals surface area contributed by atoms with Crippen LogP contribution in [0.3, 0.4) is 0 Å². The molecule has 0 bridgehead atoms. The molecule has 2 aromatic heterocycles. The lowest BCUT2D eigenvalue weighted by Crippen LogP contribution is -2.36. The monoisotopic (exact) mass is 302 g/mol. The summed E-state index contributed by atoms with van der Waals surface area (Å²) in [5, 5.41) is 3.55. The molecule has 1 saturated carbocycles. The van der Waals surface area contributed by atoms with Crippen LogP contribution in [-0.4, -0.2) is 15.9 Å². The topological polar surface area (TPSA) is 80.9 Å². The molecule has 2 heterocycles. The predicted octanol–water partition coefficient (Wildman–Crippen LogP) is 2.70. The zero-order valence-electron chi connectivity index (χ0n) is 11.9. The van der Waals surface area contributed by atoms with Gasteiger partial charge in [0.15, 0.2) is 5.13 Å². The molecule has 1 amide bonds. The Morgan fingerprint density at radius 3 is 2.81 bits per heavy atom. The van der Waals surface area contributed by atoms with E-state index in [-0.39, 0.29) is 11.9 Å². The summed E-state index contributed by atoms with van der Waals surface area (Å²) < 4.78 is 0. The summed E-state index contributed by atoms with van der Waals surface area (Å²) in [6, 6.07) is 5.78. The lowest BCUT2D eigenvalue weighted by atomic mass is 9.78. The Morgan fingerprint density at radius 1 is 1.48 bits per heavy atom. The first kappa shape index (κ1) is 14.0. The van der Waals surface area contributed by atoms with Crippen molar-refractivity contribution in [2.75, 3.05) is 5.73 Å². The van der Waals surface area contributed by atoms with Gasteiger partial charge in [-0.2, -0.15) is 0 Å². The Labute approximate surface area is 127 Å². The number of pyridine rings is 1. The minimum atomic E-state index is -0.107. The predicted molar refractivity (Wildman–Crippen MR) is 83.0 cm³/mol. The maximum absolute atomic E-state index is 12.5. The van der Waals surface area contributed by atoms with Crippen LogP contribution in [0.1, 0.15) is 46.4 Å². The van der Waals surface area contributed by atoms with E-state index in [1.165, 1.54) is 17.8 Å². The summed E-state index contributed by atoms with van der Waals surface area (Å²) in [6.07, 6.45) is 5.25. The number of anilines is 1. The van der Waals surface area contributed by atoms with Gasteiger partial charge in [0, 0.05) is 6.20 Å². The van der Waals surface area contributed by atoms with Crippen molar-refractivity contribution in [3.8, 4) is 0 Å². The van der Waals surface area contributed by atoms with Crippen LogP contribution in [0, 0.1) is 12.8 Å². The van der Waals surface area contributed by atoms with E-state index >= 15 is 0 Å². The zero-order chi connectivity index (χ0) is 14.8. The van der Waals surface area contributed by atoms with Crippen LogP contribution < -0.4 is 11.1 Å². The standard InChI is InChI=1S/C15H18N4OS/c1-9-13(21-15(16)18-9)14(20)19-12(10-5-4-6-10)11-7-2-3-8-17-11/h2-3,7-8,10,12H,4-6H2,1H3,(H2,16,18)(H,19,20). The third-order valence-electron chi connectivity index (χ3n) is 3.93. The molecule has 5 nitrogen and oxygen atoms in total. The van der Waals surface area contributed by atoms with Gasteiger partial charge in [-0.05, 0) is 37.8 Å². The highest BCUT2D eigenvalue weighted by Crippen LogP contribution is 2.37. The highest BCUT2D eigenvalue weighted by molar-refractivity contribution is 7.17. The third-order valence-corrected chi connectivity index (χ3v) is 4.92. The van der Waals surface area contributed by atoms with Gasteiger partial charge >= 0.3 is 0 Å². The number of nitrogen functional groups attached to an aromatic ring is 1. The summed E-state index contributed by atoms with van der Waals surface area (Å²) in [7, 11) is 0. The SMILES string of the molecule is Cc1nc(N)sc1C(=O)NC(c1ccccn1)C1CCC1. The van der Waals surface area contributed by atoms with Crippen molar-refractivity contribution in [3.63, 3.8) is 0 Å². The van der Waals surface area contributed by atoms with Gasteiger partial charge in [-0.1, -0.05) is 23.8 Å². The maximum atomic E-state index is 12.5. The number of hydrogen-bond acceptors (Lipinski definition) is 5. The van der Waals surface area contributed by atoms with E-state index in [1.54, 1.807) is 13.1 Å². The molecular weight excluding hydrogens is 284 g/mol. The first-order valence-corrected chi connectivity index (χ1v) is 7.91. The fraction of sp³-hybridized carbons (Fsp3) is 0.400. The number of aryl methyl sites for hydroxylation is 1. The lowest BCUT2D eigenvalue weighted by molar-refractivity contribution is 0.0902. The Hall–Kier alpha value is -1.95. The van der Waals surface area contributed by atoms with Gasteiger partial charge in [-0.25, -0.2) is 4.98 Å². The molecule has 0 saturated heterocycles. The fourth-order valence-electron chi connectivity index (χ4n) is 2.60. The molecule has 1 aliphatic carbocycles. The van der Waals surface area contributed by atoms with Gasteiger partial charge < -0.3 is 11.1 Å². The molecule has 1 fully saturated rings. The summed E-state index contributed by atoms with van der Waals surface area (Å²) in [4.78, 5) is 21.6. The summed E-state index contributed by atoms with van der Waals surface area (Å²) in [5.74, 6) is 0.360. The summed E-state index contributed by atoms with van der Waals surface area (Å²) in [6.45, 7) is 1.81. The van der Waals surface area contributed by atoms with Crippen LogP contribution in [0.2, 0.25) is 0 Å². The smallest absolute Gasteiger partial charge is 0.263 e. The quantitative estimate of drug-likeness (QED) is 0.910. The van der Waals surface area contributed by atoms with Gasteiger partial charge in [0.05, 0.1) is 17.4 Å². The largest absolute Gasteiger partial charge is 0.375 e. The van der Waals surface area contributed by atoms with Crippen molar-refractivity contribution in [1.82, 2.24) is 15.3 Å². The minimum absolute atomic E-state index is 0.0322. The van der Waals surface area contributed by atoms with Crippen LogP contribution in [0.4, 0.5) is 5.13 Å². The van der Waals surface area contributed by atoms with Gasteiger partial charge in [0.2, 0.25) is 0 Å². The Bertz CT molecular complexity index is 636. The van der Waals surface area contributed by atoms with Gasteiger partial charge in [0.25, 0.3) is 5.91 Å². The van der Waals surface area contributed by atoms with Crippen molar-refractivity contribution < 1.29 is 4.79 Å². The highest BCUT2D eigenvalue weighted by atomic mass is 32.1. The lowest BCUT2D eigenvalue weighted by Gasteiger charge is -2.33. The number of nitrogens with zero attached hydrogens (tertiary/aromatic N) is 2. The molecule has 0 spiro atoms. The van der Waals surface area contributed by atoms with Crippen molar-refractivity contribution in [2.45, 2.75) is 32.2 Å². The molecule has 2 aromatic rings. The number of hydrogen-bond donors (Lipinski definition) is 2. The van der Waals surface area contributed by atoms with Gasteiger partial charge in [-0.15, -0.1) is 0 Å². The molecule has 3 N–H and O–H groups in total. The van der Waals surface area contributed by atoms with E-state index in [0.717, 1.165) is 18.5 Å². The van der Waals surface area contributed by atoms with Crippen molar-refractivity contribution in [1.29, 1.82) is 0 Å². The Morgan fingerprint density at radius 2 is 2.29 bits per heavy atom. The Kier molecular flexibility index (Phi) is 3.88. The number of nitrogens with one attached hydrogen (secondary N) is 1. The fourth-order valence-corrected chi connectivity index (χ4v) is 3.34. The molecular formula is C15H18N4OS. The molecule has 1 atom stereocenters. The van der Waals surface area contributed by atoms with Crippen LogP contribution in [0.5, 0.6) is 0 Å². The number of nitrogens with two attached hydrogens (primary N) is 1. The molecule has 0 aromatic carbocycles. The second-order valence-electron chi connectivity index (χ2n) is 5.36. The first-order chi connectivity index (χ1) is 10.1. The van der Waals surface area contributed by atoms with Crippen molar-refractivity contribution >= 4 is 22.4 Å². The molecule has 3 rings (SSSR count). The molecule has 0 radical (unpaired) electrons. The third kappa shape index (κ3) is 2.90. The molecule has 110 valence electrons. The molecule has 0 aliphatic heterocycles. The number of thiazole rings is 1. The van der Waals surface area contributed by atoms with Crippen LogP contribution in [0.25, 0.3) is 0 Å². The van der Waals surface area contributed by atoms with Crippen LogP contribution in [-0.2, 0) is 0 Å². The van der Waals surface area contributed by atoms with E-state index < -0.39 is 0 Å². The van der Waals surface area contributed by atoms with E-state index in [1.807, 2.05) is 18.2 Å². The van der Waals surface area contributed by atoms with E-state index in [4.69, 9.17) is 5.73 Å². The first-order valence-electron chi connectivity index (χ1n) is 7.10. The average molecular weight is 302 g/mol. The van der Waals surface area contributed by atoms with Gasteiger partial charge in [-0.3, -0.25) is 9.78 Å². The van der Waals surface area contributed by atoms with E-state index in [9.17, 15) is 4.79 Å². The second kappa shape index (κ2) is 5.81.